The summed E-state index contributed by atoms with van der Waals surface area (Å²) in [4.78, 5) is 31.9. The van der Waals surface area contributed by atoms with Crippen molar-refractivity contribution in [3.8, 4) is 0 Å². The summed E-state index contributed by atoms with van der Waals surface area (Å²) in [7, 11) is 1.47. The molecule has 0 saturated carbocycles. The molecular formula is C17H19F3N4O3. The molecule has 0 unspecified atom stereocenters. The highest BCUT2D eigenvalue weighted by molar-refractivity contribution is 5.84. The Morgan fingerprint density at radius 3 is 2.85 bits per heavy atom. The van der Waals surface area contributed by atoms with Crippen molar-refractivity contribution in [1.29, 1.82) is 0 Å². The summed E-state index contributed by atoms with van der Waals surface area (Å²) in [5.41, 5.74) is 3.61. The number of methoxy groups -OCH3 is 1. The largest absolute Gasteiger partial charge is 0.417 e. The molecule has 1 amide bonds. The molecule has 1 fully saturated rings. The number of benzene rings is 1. The molecule has 0 radical (unpaired) electrons. The number of nitrogens with two attached hydrogens (primary N) is 1. The molecule has 1 aliphatic heterocycles. The maximum Gasteiger partial charge on any atom is 0.417 e. The fraction of sp³-hybridized carbons (Fsp3) is 0.471. The lowest BCUT2D eigenvalue weighted by molar-refractivity contribution is -0.136. The van der Waals surface area contributed by atoms with Gasteiger partial charge in [0, 0.05) is 13.7 Å². The van der Waals surface area contributed by atoms with Crippen molar-refractivity contribution < 1.29 is 22.7 Å². The fourth-order valence-corrected chi connectivity index (χ4v) is 3.47. The average Bonchev–Trinajstić information content (AvgIpc) is 3.07. The van der Waals surface area contributed by atoms with Crippen LogP contribution in [0.5, 0.6) is 0 Å². The van der Waals surface area contributed by atoms with Crippen LogP contribution in [0.1, 0.15) is 36.4 Å². The van der Waals surface area contributed by atoms with Crippen LogP contribution in [0.3, 0.4) is 0 Å². The second-order valence-corrected chi connectivity index (χ2v) is 6.40. The summed E-state index contributed by atoms with van der Waals surface area (Å²) in [5, 5.41) is -0.560. The molecule has 146 valence electrons. The third kappa shape index (κ3) is 3.75. The number of nitrogen functional groups attached to an aromatic ring is 1. The lowest BCUT2D eigenvalue weighted by atomic mass is 9.98. The van der Waals surface area contributed by atoms with E-state index < -0.39 is 28.7 Å². The number of nitrogens with zero attached hydrogens (tertiary/aromatic N) is 2. The van der Waals surface area contributed by atoms with Gasteiger partial charge in [-0.2, -0.15) is 13.2 Å². The average molecular weight is 384 g/mol. The molecule has 0 spiro atoms. The summed E-state index contributed by atoms with van der Waals surface area (Å²) in [5.74, 6) is -0.455. The van der Waals surface area contributed by atoms with Crippen molar-refractivity contribution in [2.45, 2.75) is 31.5 Å². The topological polar surface area (TPSA) is 101 Å². The van der Waals surface area contributed by atoms with Crippen LogP contribution in [0.4, 0.5) is 19.1 Å². The van der Waals surface area contributed by atoms with E-state index in [2.05, 4.69) is 9.97 Å². The predicted octanol–water partition coefficient (Wildman–Crippen LogP) is 2.22. The summed E-state index contributed by atoms with van der Waals surface area (Å²) in [6, 6.07) is 1.83. The minimum atomic E-state index is -4.75. The Labute approximate surface area is 152 Å². The molecule has 2 heterocycles. The standard InChI is InChI=1S/C17H19F3N4O3/c1-27-6-4-13(25)24-5-2-3-12(24)9-7-10(17(18,19)20)14-11(8-9)22-16(21)23-15(14)26/h7-8,12H,2-6H2,1H3,(H3,21,22,23,26)/t12-/m0/s1. The molecule has 3 N–H and O–H groups in total. The Kier molecular flexibility index (Phi) is 5.09. The molecule has 10 heteroatoms. The number of ether oxygens (including phenoxy) is 1. The normalized spacial score (nSPS) is 17.6. The smallest absolute Gasteiger partial charge is 0.384 e. The number of aromatic amines is 1. The first-order chi connectivity index (χ1) is 12.7. The molecule has 1 aromatic heterocycles. The minimum Gasteiger partial charge on any atom is -0.384 e. The first-order valence-electron chi connectivity index (χ1n) is 8.41. The molecule has 0 aliphatic carbocycles. The van der Waals surface area contributed by atoms with Crippen LogP contribution in [0.15, 0.2) is 16.9 Å². The highest BCUT2D eigenvalue weighted by Crippen LogP contribution is 2.39. The fourth-order valence-electron chi connectivity index (χ4n) is 3.47. The molecule has 1 aromatic carbocycles. The van der Waals surface area contributed by atoms with E-state index >= 15 is 0 Å². The van der Waals surface area contributed by atoms with Crippen LogP contribution in [-0.4, -0.2) is 41.0 Å². The molecule has 0 bridgehead atoms. The molecular weight excluding hydrogens is 365 g/mol. The van der Waals surface area contributed by atoms with Gasteiger partial charge < -0.3 is 15.4 Å². The van der Waals surface area contributed by atoms with Crippen LogP contribution < -0.4 is 11.3 Å². The summed E-state index contributed by atoms with van der Waals surface area (Å²) in [6.45, 7) is 0.693. The second kappa shape index (κ2) is 7.18. The Bertz CT molecular complexity index is 926. The van der Waals surface area contributed by atoms with E-state index in [9.17, 15) is 22.8 Å². The summed E-state index contributed by atoms with van der Waals surface area (Å²) in [6.07, 6.45) is -3.39. The van der Waals surface area contributed by atoms with Crippen LogP contribution in [0, 0.1) is 0 Å². The maximum atomic E-state index is 13.6. The number of fused-ring (bicyclic) bond motifs is 1. The van der Waals surface area contributed by atoms with Gasteiger partial charge in [0.2, 0.25) is 11.9 Å². The number of aromatic nitrogens is 2. The number of carbonyl (C=O) groups excluding carboxylic acids is 1. The van der Waals surface area contributed by atoms with Gasteiger partial charge in [0.25, 0.3) is 5.56 Å². The first-order valence-corrected chi connectivity index (χ1v) is 8.41. The number of hydrogen-bond acceptors (Lipinski definition) is 5. The molecule has 2 aromatic rings. The monoisotopic (exact) mass is 384 g/mol. The van der Waals surface area contributed by atoms with Gasteiger partial charge in [0.1, 0.15) is 0 Å². The highest BCUT2D eigenvalue weighted by Gasteiger charge is 2.37. The van der Waals surface area contributed by atoms with Crippen molar-refractivity contribution in [3.63, 3.8) is 0 Å². The number of amides is 1. The van der Waals surface area contributed by atoms with Gasteiger partial charge in [-0.1, -0.05) is 0 Å². The molecule has 1 aliphatic rings. The van der Waals surface area contributed by atoms with E-state index in [1.165, 1.54) is 13.2 Å². The van der Waals surface area contributed by atoms with Crippen LogP contribution in [0.2, 0.25) is 0 Å². The Morgan fingerprint density at radius 1 is 1.44 bits per heavy atom. The van der Waals surface area contributed by atoms with Gasteiger partial charge in [-0.05, 0) is 30.5 Å². The van der Waals surface area contributed by atoms with Gasteiger partial charge in [0.05, 0.1) is 35.5 Å². The third-order valence-corrected chi connectivity index (χ3v) is 4.63. The number of H-pyrrole nitrogens is 1. The Hall–Kier alpha value is -2.62. The van der Waals surface area contributed by atoms with Crippen molar-refractivity contribution in [3.05, 3.63) is 33.6 Å². The number of hydrogen-bond donors (Lipinski definition) is 2. The second-order valence-electron chi connectivity index (χ2n) is 6.40. The van der Waals surface area contributed by atoms with Crippen LogP contribution in [-0.2, 0) is 15.7 Å². The van der Waals surface area contributed by atoms with Gasteiger partial charge in [-0.3, -0.25) is 14.6 Å². The van der Waals surface area contributed by atoms with E-state index in [1.807, 2.05) is 0 Å². The van der Waals surface area contributed by atoms with Gasteiger partial charge in [0.15, 0.2) is 0 Å². The molecule has 1 atom stereocenters. The zero-order valence-corrected chi connectivity index (χ0v) is 14.6. The van der Waals surface area contributed by atoms with Gasteiger partial charge >= 0.3 is 6.18 Å². The van der Waals surface area contributed by atoms with Crippen molar-refractivity contribution in [1.82, 2.24) is 14.9 Å². The number of alkyl halides is 3. The van der Waals surface area contributed by atoms with E-state index in [4.69, 9.17) is 10.5 Å². The number of carbonyl (C=O) groups is 1. The van der Waals surface area contributed by atoms with E-state index in [-0.39, 0.29) is 36.0 Å². The van der Waals surface area contributed by atoms with Crippen LogP contribution >= 0.6 is 0 Å². The first kappa shape index (κ1) is 19.2. The summed E-state index contributed by atoms with van der Waals surface area (Å²) < 4.78 is 45.6. The minimum absolute atomic E-state index is 0.141. The SMILES string of the molecule is COCCC(=O)N1CCC[C@H]1c1cc(C(F)(F)F)c2c(=O)[nH]c(N)nc2c1. The lowest BCUT2D eigenvalue weighted by Gasteiger charge is -2.26. The Morgan fingerprint density at radius 2 is 2.19 bits per heavy atom. The molecule has 1 saturated heterocycles. The number of likely N-dealkylation sites (tertiary alicyclic amines) is 1. The van der Waals surface area contributed by atoms with Gasteiger partial charge in [-0.25, -0.2) is 4.98 Å². The predicted molar refractivity (Wildman–Crippen MR) is 92.0 cm³/mol. The molecule has 7 nitrogen and oxygen atoms in total. The van der Waals surface area contributed by atoms with E-state index in [0.717, 1.165) is 6.07 Å². The van der Waals surface area contributed by atoms with Crippen LogP contribution in [0.25, 0.3) is 10.9 Å². The number of halogens is 3. The number of rotatable bonds is 4. The van der Waals surface area contributed by atoms with Gasteiger partial charge in [-0.15, -0.1) is 0 Å². The van der Waals surface area contributed by atoms with Crippen molar-refractivity contribution in [2.75, 3.05) is 26.0 Å². The summed E-state index contributed by atoms with van der Waals surface area (Å²) >= 11 is 0. The quantitative estimate of drug-likeness (QED) is 0.842. The molecule has 3 rings (SSSR count). The Balaban J connectivity index is 2.12. The van der Waals surface area contributed by atoms with E-state index in [1.54, 1.807) is 4.90 Å². The highest BCUT2D eigenvalue weighted by atomic mass is 19.4. The number of anilines is 1. The van der Waals surface area contributed by atoms with E-state index in [0.29, 0.717) is 19.4 Å². The third-order valence-electron chi connectivity index (χ3n) is 4.63. The number of nitrogens with one attached hydrogen (secondary N) is 1. The zero-order chi connectivity index (χ0) is 19.8. The maximum absolute atomic E-state index is 13.6. The zero-order valence-electron chi connectivity index (χ0n) is 14.6. The molecule has 27 heavy (non-hydrogen) atoms. The van der Waals surface area contributed by atoms with Crippen molar-refractivity contribution >= 4 is 22.8 Å². The van der Waals surface area contributed by atoms with Crippen molar-refractivity contribution in [2.24, 2.45) is 0 Å². The lowest BCUT2D eigenvalue weighted by Crippen LogP contribution is -2.31.